The van der Waals surface area contributed by atoms with Crippen LogP contribution in [0.2, 0.25) is 0 Å². The lowest BCUT2D eigenvalue weighted by molar-refractivity contribution is 0.102. The van der Waals surface area contributed by atoms with Gasteiger partial charge in [0, 0.05) is 16.8 Å². The van der Waals surface area contributed by atoms with Gasteiger partial charge >= 0.3 is 0 Å². The van der Waals surface area contributed by atoms with E-state index >= 15 is 0 Å². The summed E-state index contributed by atoms with van der Waals surface area (Å²) in [4.78, 5) is 17.0. The van der Waals surface area contributed by atoms with Gasteiger partial charge in [0.15, 0.2) is 0 Å². The van der Waals surface area contributed by atoms with E-state index in [1.165, 1.54) is 0 Å². The number of carbonyl (C=O) groups excluding carboxylic acids is 1. The van der Waals surface area contributed by atoms with Crippen LogP contribution in [0.1, 0.15) is 27.4 Å². The molecule has 0 aliphatic rings. The minimum Gasteiger partial charge on any atom is -0.321 e. The highest BCUT2D eigenvalue weighted by Crippen LogP contribution is 2.24. The topological polar surface area (TPSA) is 70.7 Å². The molecule has 0 radical (unpaired) electrons. The van der Waals surface area contributed by atoms with E-state index in [0.29, 0.717) is 11.3 Å². The number of nitrogens with one attached hydrogen (secondary N) is 2. The largest absolute Gasteiger partial charge is 0.321 e. The van der Waals surface area contributed by atoms with E-state index in [1.807, 2.05) is 51.1 Å². The lowest BCUT2D eigenvalue weighted by Gasteiger charge is -2.10. The lowest BCUT2D eigenvalue weighted by atomic mass is 10.1. The Morgan fingerprint density at radius 3 is 2.67 bits per heavy atom. The van der Waals surface area contributed by atoms with Gasteiger partial charge in [-0.05, 0) is 32.9 Å². The van der Waals surface area contributed by atoms with Gasteiger partial charge in [-0.1, -0.05) is 18.2 Å². The summed E-state index contributed by atoms with van der Waals surface area (Å²) in [5, 5.41) is 10.8. The lowest BCUT2D eigenvalue weighted by Crippen LogP contribution is -2.14. The van der Waals surface area contributed by atoms with E-state index in [4.69, 9.17) is 0 Å². The number of hydrogen-bond donors (Lipinski definition) is 2. The Labute approximate surface area is 122 Å². The minimum absolute atomic E-state index is 0.158. The number of fused-ring (bicyclic) bond motifs is 1. The molecule has 2 N–H and O–H groups in total. The van der Waals surface area contributed by atoms with Crippen LogP contribution in [0.4, 0.5) is 5.69 Å². The molecule has 2 heterocycles. The fourth-order valence-corrected chi connectivity index (χ4v) is 2.48. The molecule has 0 atom stereocenters. The number of carbonyl (C=O) groups is 1. The number of amides is 1. The predicted molar refractivity (Wildman–Crippen MR) is 82.5 cm³/mol. The van der Waals surface area contributed by atoms with Gasteiger partial charge in [0.05, 0.1) is 22.5 Å². The Kier molecular flexibility index (Phi) is 3.17. The van der Waals surface area contributed by atoms with E-state index < -0.39 is 0 Å². The smallest absolute Gasteiger partial charge is 0.259 e. The van der Waals surface area contributed by atoms with E-state index in [-0.39, 0.29) is 5.91 Å². The van der Waals surface area contributed by atoms with E-state index in [1.54, 1.807) is 0 Å². The zero-order valence-electron chi connectivity index (χ0n) is 12.2. The van der Waals surface area contributed by atoms with Gasteiger partial charge in [0.1, 0.15) is 0 Å². The summed E-state index contributed by atoms with van der Waals surface area (Å²) < 4.78 is 0. The molecule has 1 aromatic carbocycles. The zero-order chi connectivity index (χ0) is 15.0. The molecule has 0 spiro atoms. The number of H-pyrrole nitrogens is 1. The summed E-state index contributed by atoms with van der Waals surface area (Å²) in [5.74, 6) is -0.158. The highest BCUT2D eigenvalue weighted by molar-refractivity contribution is 6.09. The number of nitrogens with zero attached hydrogens (tertiary/aromatic N) is 2. The molecule has 0 aliphatic heterocycles. The molecular formula is C16H16N4O. The average molecular weight is 280 g/mol. The Morgan fingerprint density at radius 1 is 1.19 bits per heavy atom. The van der Waals surface area contributed by atoms with Crippen LogP contribution in [-0.2, 0) is 0 Å². The maximum Gasteiger partial charge on any atom is 0.259 e. The Bertz CT molecular complexity index is 816. The Hall–Kier alpha value is -2.69. The average Bonchev–Trinajstić information content (AvgIpc) is 2.78. The fraction of sp³-hybridized carbons (Fsp3) is 0.188. The van der Waals surface area contributed by atoms with Crippen molar-refractivity contribution in [1.82, 2.24) is 15.2 Å². The third-order valence-electron chi connectivity index (χ3n) is 3.45. The first-order chi connectivity index (χ1) is 10.1. The first-order valence-corrected chi connectivity index (χ1v) is 6.75. The summed E-state index contributed by atoms with van der Waals surface area (Å²) in [6.45, 7) is 5.57. The van der Waals surface area contributed by atoms with Gasteiger partial charge in [0.2, 0.25) is 0 Å². The third kappa shape index (κ3) is 2.38. The number of benzene rings is 1. The van der Waals surface area contributed by atoms with E-state index in [0.717, 1.165) is 28.0 Å². The van der Waals surface area contributed by atoms with Crippen molar-refractivity contribution in [2.24, 2.45) is 0 Å². The first kappa shape index (κ1) is 13.3. The molecule has 0 saturated heterocycles. The second-order valence-electron chi connectivity index (χ2n) is 5.09. The Balaban J connectivity index is 2.04. The van der Waals surface area contributed by atoms with Crippen LogP contribution >= 0.6 is 0 Å². The van der Waals surface area contributed by atoms with Crippen molar-refractivity contribution in [1.29, 1.82) is 0 Å². The highest BCUT2D eigenvalue weighted by atomic mass is 16.1. The van der Waals surface area contributed by atoms with Crippen molar-refractivity contribution in [3.63, 3.8) is 0 Å². The van der Waals surface area contributed by atoms with Crippen molar-refractivity contribution in [2.75, 3.05) is 5.32 Å². The molecule has 0 fully saturated rings. The molecule has 21 heavy (non-hydrogen) atoms. The second-order valence-corrected chi connectivity index (χ2v) is 5.09. The third-order valence-corrected chi connectivity index (χ3v) is 3.45. The molecule has 5 heteroatoms. The first-order valence-electron chi connectivity index (χ1n) is 6.75. The molecule has 106 valence electrons. The number of aromatic amines is 1. The zero-order valence-corrected chi connectivity index (χ0v) is 12.2. The van der Waals surface area contributed by atoms with Gasteiger partial charge in [-0.3, -0.25) is 14.9 Å². The van der Waals surface area contributed by atoms with Crippen molar-refractivity contribution >= 4 is 22.5 Å². The van der Waals surface area contributed by atoms with Gasteiger partial charge < -0.3 is 5.32 Å². The van der Waals surface area contributed by atoms with Crippen molar-refractivity contribution < 1.29 is 4.79 Å². The summed E-state index contributed by atoms with van der Waals surface area (Å²) in [5.41, 5.74) is 4.55. The monoisotopic (exact) mass is 280 g/mol. The van der Waals surface area contributed by atoms with Crippen LogP contribution < -0.4 is 5.32 Å². The number of hydrogen-bond acceptors (Lipinski definition) is 3. The highest BCUT2D eigenvalue weighted by Gasteiger charge is 2.16. The maximum atomic E-state index is 12.5. The Morgan fingerprint density at radius 2 is 1.95 bits per heavy atom. The van der Waals surface area contributed by atoms with Crippen LogP contribution in [0.3, 0.4) is 0 Å². The molecule has 2 aromatic heterocycles. The van der Waals surface area contributed by atoms with Crippen LogP contribution in [0.15, 0.2) is 30.3 Å². The van der Waals surface area contributed by atoms with Crippen LogP contribution in [0, 0.1) is 20.8 Å². The van der Waals surface area contributed by atoms with E-state index in [9.17, 15) is 4.79 Å². The molecule has 0 saturated carbocycles. The number of aromatic nitrogens is 3. The summed E-state index contributed by atoms with van der Waals surface area (Å²) in [6, 6.07) is 9.64. The maximum absolute atomic E-state index is 12.5. The molecule has 1 amide bonds. The number of rotatable bonds is 2. The quantitative estimate of drug-likeness (QED) is 0.757. The fourth-order valence-electron chi connectivity index (χ4n) is 2.48. The molecule has 3 aromatic rings. The van der Waals surface area contributed by atoms with Gasteiger partial charge in [-0.2, -0.15) is 5.10 Å². The van der Waals surface area contributed by atoms with Crippen molar-refractivity contribution in [3.8, 4) is 0 Å². The molecule has 0 bridgehead atoms. The van der Waals surface area contributed by atoms with Gasteiger partial charge in [-0.15, -0.1) is 0 Å². The summed E-state index contributed by atoms with van der Waals surface area (Å²) in [7, 11) is 0. The van der Waals surface area contributed by atoms with Gasteiger partial charge in [0.25, 0.3) is 5.91 Å². The molecule has 5 nitrogen and oxygen atoms in total. The van der Waals surface area contributed by atoms with Crippen LogP contribution in [0.25, 0.3) is 10.9 Å². The predicted octanol–water partition coefficient (Wildman–Crippen LogP) is 3.14. The van der Waals surface area contributed by atoms with Crippen molar-refractivity contribution in [3.05, 3.63) is 53.0 Å². The number of anilines is 1. The molecular weight excluding hydrogens is 264 g/mol. The normalized spacial score (nSPS) is 10.8. The summed E-state index contributed by atoms with van der Waals surface area (Å²) >= 11 is 0. The van der Waals surface area contributed by atoms with Gasteiger partial charge in [-0.25, -0.2) is 0 Å². The van der Waals surface area contributed by atoms with Crippen molar-refractivity contribution in [2.45, 2.75) is 20.8 Å². The number of aryl methyl sites for hydroxylation is 3. The SMILES string of the molecule is Cc1cc(NC(=O)c2c(C)n[nH]c2C)c2ccccc2n1. The van der Waals surface area contributed by atoms with Crippen LogP contribution in [0.5, 0.6) is 0 Å². The standard InChI is InChI=1S/C16H16N4O/c1-9-8-14(12-6-4-5-7-13(12)17-9)18-16(21)15-10(2)19-20-11(15)3/h4-8H,1-3H3,(H,19,20)(H,17,18,21). The number of pyridine rings is 1. The minimum atomic E-state index is -0.158. The second kappa shape index (κ2) is 5.01. The molecule has 0 unspecified atom stereocenters. The number of para-hydroxylation sites is 1. The summed E-state index contributed by atoms with van der Waals surface area (Å²) in [6.07, 6.45) is 0. The van der Waals surface area contributed by atoms with E-state index in [2.05, 4.69) is 20.5 Å². The van der Waals surface area contributed by atoms with Crippen LogP contribution in [-0.4, -0.2) is 21.1 Å². The molecule has 3 rings (SSSR count). The molecule has 0 aliphatic carbocycles.